The summed E-state index contributed by atoms with van der Waals surface area (Å²) in [5.41, 5.74) is 3.87. The van der Waals surface area contributed by atoms with Gasteiger partial charge in [0.05, 0.1) is 6.33 Å². The van der Waals surface area contributed by atoms with Crippen LogP contribution >= 0.6 is 0 Å². The Labute approximate surface area is 153 Å². The molecule has 1 aliphatic rings. The lowest BCUT2D eigenvalue weighted by atomic mass is 10.00. The molecule has 4 rings (SSSR count). The minimum atomic E-state index is 0.625. The van der Waals surface area contributed by atoms with E-state index in [-0.39, 0.29) is 0 Å². The Bertz CT molecular complexity index is 860. The number of imidazole rings is 1. The second-order valence-corrected chi connectivity index (χ2v) is 6.58. The second-order valence-electron chi connectivity index (χ2n) is 6.58. The molecule has 2 aromatic heterocycles. The summed E-state index contributed by atoms with van der Waals surface area (Å²) in [6, 6.07) is 6.58. The van der Waals surface area contributed by atoms with E-state index in [1.54, 1.807) is 12.5 Å². The molecule has 7 nitrogen and oxygen atoms in total. The number of aromatic nitrogens is 5. The number of hydrogen-bond acceptors (Lipinski definition) is 6. The zero-order valence-electron chi connectivity index (χ0n) is 15.0. The highest BCUT2D eigenvalue weighted by atomic mass is 15.3. The number of aryl methyl sites for hydroxylation is 3. The number of nitrogens with zero attached hydrogens (tertiary/aromatic N) is 6. The monoisotopic (exact) mass is 349 g/mol. The smallest absolute Gasteiger partial charge is 0.234 e. The van der Waals surface area contributed by atoms with E-state index in [4.69, 9.17) is 0 Å². The summed E-state index contributed by atoms with van der Waals surface area (Å²) in [4.78, 5) is 19.5. The van der Waals surface area contributed by atoms with Gasteiger partial charge >= 0.3 is 0 Å². The first-order chi connectivity index (χ1) is 12.8. The molecule has 26 heavy (non-hydrogen) atoms. The van der Waals surface area contributed by atoms with Crippen molar-refractivity contribution in [3.8, 4) is 0 Å². The zero-order valence-corrected chi connectivity index (χ0v) is 15.0. The molecule has 134 valence electrons. The van der Waals surface area contributed by atoms with E-state index < -0.39 is 0 Å². The number of anilines is 3. The molecule has 7 heteroatoms. The van der Waals surface area contributed by atoms with E-state index in [1.807, 2.05) is 12.5 Å². The van der Waals surface area contributed by atoms with E-state index in [0.717, 1.165) is 38.9 Å². The van der Waals surface area contributed by atoms with Crippen LogP contribution in [0.15, 0.2) is 43.2 Å². The van der Waals surface area contributed by atoms with E-state index in [1.165, 1.54) is 16.8 Å². The molecule has 0 spiro atoms. The van der Waals surface area contributed by atoms with Gasteiger partial charge < -0.3 is 14.8 Å². The van der Waals surface area contributed by atoms with Gasteiger partial charge in [0.15, 0.2) is 0 Å². The van der Waals surface area contributed by atoms with Gasteiger partial charge in [0.1, 0.15) is 6.33 Å². The van der Waals surface area contributed by atoms with Crippen LogP contribution in [0.1, 0.15) is 24.0 Å². The second kappa shape index (κ2) is 7.51. The molecule has 0 saturated heterocycles. The molecule has 1 N–H and O–H groups in total. The summed E-state index contributed by atoms with van der Waals surface area (Å²) in [5, 5.41) is 3.30. The number of hydrogen-bond donors (Lipinski definition) is 1. The molecule has 0 amide bonds. The Morgan fingerprint density at radius 3 is 3.08 bits per heavy atom. The fourth-order valence-electron chi connectivity index (χ4n) is 3.32. The number of rotatable bonds is 6. The third-order valence-electron chi connectivity index (χ3n) is 4.59. The Balaban J connectivity index is 1.43. The third kappa shape index (κ3) is 3.66. The van der Waals surface area contributed by atoms with Gasteiger partial charge in [0.25, 0.3) is 0 Å². The summed E-state index contributed by atoms with van der Waals surface area (Å²) in [6.45, 7) is 4.79. The van der Waals surface area contributed by atoms with E-state index in [9.17, 15) is 0 Å². The van der Waals surface area contributed by atoms with Crippen molar-refractivity contribution in [2.75, 3.05) is 23.3 Å². The summed E-state index contributed by atoms with van der Waals surface area (Å²) < 4.78 is 2.06. The van der Waals surface area contributed by atoms with Crippen molar-refractivity contribution in [3.05, 3.63) is 54.4 Å². The minimum Gasteiger partial charge on any atom is -0.354 e. The lowest BCUT2D eigenvalue weighted by Crippen LogP contribution is -2.26. The molecule has 0 fully saturated rings. The van der Waals surface area contributed by atoms with E-state index >= 15 is 0 Å². The molecule has 0 aliphatic carbocycles. The average molecular weight is 349 g/mol. The molecule has 3 aromatic rings. The lowest BCUT2D eigenvalue weighted by molar-refractivity contribution is 0.658. The van der Waals surface area contributed by atoms with Crippen molar-refractivity contribution >= 4 is 17.6 Å². The Hall–Kier alpha value is -2.96. The van der Waals surface area contributed by atoms with E-state index in [2.05, 4.69) is 59.8 Å². The number of benzene rings is 1. The van der Waals surface area contributed by atoms with Crippen molar-refractivity contribution < 1.29 is 0 Å². The topological polar surface area (TPSA) is 71.8 Å². The Kier molecular flexibility index (Phi) is 4.77. The van der Waals surface area contributed by atoms with Crippen LogP contribution < -0.4 is 10.2 Å². The van der Waals surface area contributed by atoms with Crippen LogP contribution in [-0.4, -0.2) is 37.6 Å². The van der Waals surface area contributed by atoms with Gasteiger partial charge in [0, 0.05) is 37.7 Å². The standard InChI is InChI=1S/C19H23N7/c1-15-5-6-17-16(12-15)4-2-10-26(17)19-23-13-22-18(24-19)21-7-3-9-25-11-8-20-14-25/h5-6,8,11-14H,2-4,7,9-10H2,1H3,(H,21,22,23,24). The maximum atomic E-state index is 4.63. The Morgan fingerprint density at radius 1 is 1.23 bits per heavy atom. The van der Waals surface area contributed by atoms with Crippen LogP contribution in [0.3, 0.4) is 0 Å². The van der Waals surface area contributed by atoms with Gasteiger partial charge in [0.2, 0.25) is 11.9 Å². The van der Waals surface area contributed by atoms with Crippen LogP contribution in [0, 0.1) is 6.92 Å². The Morgan fingerprint density at radius 2 is 2.19 bits per heavy atom. The largest absolute Gasteiger partial charge is 0.354 e. The van der Waals surface area contributed by atoms with Gasteiger partial charge in [-0.3, -0.25) is 0 Å². The first-order valence-electron chi connectivity index (χ1n) is 9.05. The van der Waals surface area contributed by atoms with Crippen molar-refractivity contribution in [2.24, 2.45) is 0 Å². The predicted octanol–water partition coefficient (Wildman–Crippen LogP) is 2.96. The summed E-state index contributed by atoms with van der Waals surface area (Å²) in [7, 11) is 0. The van der Waals surface area contributed by atoms with Crippen molar-refractivity contribution in [1.82, 2.24) is 24.5 Å². The van der Waals surface area contributed by atoms with Gasteiger partial charge in [-0.2, -0.15) is 4.98 Å². The van der Waals surface area contributed by atoms with Crippen molar-refractivity contribution in [2.45, 2.75) is 32.7 Å². The molecule has 1 aromatic carbocycles. The minimum absolute atomic E-state index is 0.625. The molecule has 0 radical (unpaired) electrons. The van der Waals surface area contributed by atoms with Gasteiger partial charge in [-0.15, -0.1) is 0 Å². The summed E-state index contributed by atoms with van der Waals surface area (Å²) >= 11 is 0. The SMILES string of the molecule is Cc1ccc2c(c1)CCCN2c1ncnc(NCCCn2ccnc2)n1. The molecular weight excluding hydrogens is 326 g/mol. The lowest BCUT2D eigenvalue weighted by Gasteiger charge is -2.29. The quantitative estimate of drug-likeness (QED) is 0.690. The number of fused-ring (bicyclic) bond motifs is 1. The van der Waals surface area contributed by atoms with Gasteiger partial charge in [-0.05, 0) is 37.8 Å². The van der Waals surface area contributed by atoms with Crippen LogP contribution in [0.25, 0.3) is 0 Å². The molecule has 0 unspecified atom stereocenters. The predicted molar refractivity (Wildman–Crippen MR) is 102 cm³/mol. The number of nitrogens with one attached hydrogen (secondary N) is 1. The third-order valence-corrected chi connectivity index (χ3v) is 4.59. The van der Waals surface area contributed by atoms with Gasteiger partial charge in [-0.1, -0.05) is 17.7 Å². The van der Waals surface area contributed by atoms with E-state index in [0.29, 0.717) is 11.9 Å². The average Bonchev–Trinajstić information content (AvgIpc) is 3.18. The fraction of sp³-hybridized carbons (Fsp3) is 0.368. The van der Waals surface area contributed by atoms with Crippen LogP contribution in [0.5, 0.6) is 0 Å². The highest BCUT2D eigenvalue weighted by Crippen LogP contribution is 2.32. The molecule has 0 atom stereocenters. The van der Waals surface area contributed by atoms with Crippen LogP contribution in [0.4, 0.5) is 17.6 Å². The van der Waals surface area contributed by atoms with Crippen LogP contribution in [-0.2, 0) is 13.0 Å². The molecule has 1 aliphatic heterocycles. The highest BCUT2D eigenvalue weighted by Gasteiger charge is 2.20. The molecular formula is C19H23N7. The summed E-state index contributed by atoms with van der Waals surface area (Å²) in [5.74, 6) is 1.33. The van der Waals surface area contributed by atoms with Crippen LogP contribution in [0.2, 0.25) is 0 Å². The summed E-state index contributed by atoms with van der Waals surface area (Å²) in [6.07, 6.45) is 10.4. The first kappa shape index (κ1) is 16.5. The van der Waals surface area contributed by atoms with Crippen molar-refractivity contribution in [3.63, 3.8) is 0 Å². The van der Waals surface area contributed by atoms with Crippen molar-refractivity contribution in [1.29, 1.82) is 0 Å². The molecule has 3 heterocycles. The normalized spacial score (nSPS) is 13.5. The molecule has 0 bridgehead atoms. The van der Waals surface area contributed by atoms with Gasteiger partial charge in [-0.25, -0.2) is 15.0 Å². The highest BCUT2D eigenvalue weighted by molar-refractivity contribution is 5.64. The first-order valence-corrected chi connectivity index (χ1v) is 9.05. The zero-order chi connectivity index (χ0) is 17.8. The maximum Gasteiger partial charge on any atom is 0.234 e. The molecule has 0 saturated carbocycles. The fourth-order valence-corrected chi connectivity index (χ4v) is 3.32. The maximum absolute atomic E-state index is 4.63.